The molecule has 16 heteroatoms. The van der Waals surface area contributed by atoms with Crippen molar-refractivity contribution in [3.05, 3.63) is 60.3 Å². The first-order valence-corrected chi connectivity index (χ1v) is 12.5. The van der Waals surface area contributed by atoms with Crippen LogP contribution in [0.1, 0.15) is 6.42 Å². The minimum absolute atomic E-state index is 0.0259. The summed E-state index contributed by atoms with van der Waals surface area (Å²) in [5, 5.41) is 21.1. The van der Waals surface area contributed by atoms with Crippen LogP contribution in [0.4, 0.5) is 25.1 Å². The number of anilines is 2. The Labute approximate surface area is 208 Å². The molecule has 2 N–H and O–H groups in total. The molecule has 0 spiro atoms. The third-order valence-corrected chi connectivity index (χ3v) is 7.41. The van der Waals surface area contributed by atoms with E-state index in [1.54, 1.807) is 13.2 Å². The molecule has 1 fully saturated rings. The first-order chi connectivity index (χ1) is 17.6. The standard InChI is InChI=1S/C21H20F3N9O3S/c1-31-6-5-17(29-31)19-27-28-21(33(19)18-15(23)3-2-4-16(18)24)30-37(35,36)14-7-13(34)10-32(11-14)20-25-8-12(22)9-26-20/h2-6,8-9,13-14,34H,7,10-11H2,1H3,(H,28,30)/t13-,14+/m1/s1. The van der Waals surface area contributed by atoms with E-state index >= 15 is 0 Å². The molecule has 4 aromatic rings. The molecule has 0 aliphatic carbocycles. The van der Waals surface area contributed by atoms with Gasteiger partial charge in [-0.2, -0.15) is 5.10 Å². The number of hydrogen-bond acceptors (Lipinski definition) is 9. The van der Waals surface area contributed by atoms with Crippen LogP contribution >= 0.6 is 0 Å². The van der Waals surface area contributed by atoms with Gasteiger partial charge in [-0.15, -0.1) is 10.2 Å². The molecule has 3 aromatic heterocycles. The van der Waals surface area contributed by atoms with E-state index < -0.39 is 50.5 Å². The minimum atomic E-state index is -4.31. The Balaban J connectivity index is 1.52. The maximum Gasteiger partial charge on any atom is 0.243 e. The van der Waals surface area contributed by atoms with Gasteiger partial charge in [0.15, 0.2) is 11.6 Å². The summed E-state index contributed by atoms with van der Waals surface area (Å²) in [5.74, 6) is -3.18. The molecule has 1 aliphatic heterocycles. The SMILES string of the molecule is Cn1ccc(-c2nnc(NS(=O)(=O)[C@H]3C[C@@H](O)CN(c4ncc(F)cn4)C3)n2-c2c(F)cccc2F)n1. The van der Waals surface area contributed by atoms with Gasteiger partial charge in [0.25, 0.3) is 0 Å². The number of aliphatic hydroxyl groups excluding tert-OH is 1. The zero-order valence-electron chi connectivity index (χ0n) is 19.2. The third-order valence-electron chi connectivity index (χ3n) is 5.72. The molecule has 0 amide bonds. The average Bonchev–Trinajstić information content (AvgIpc) is 3.45. The molecule has 2 atom stereocenters. The van der Waals surface area contributed by atoms with Crippen molar-refractivity contribution in [2.75, 3.05) is 22.7 Å². The van der Waals surface area contributed by atoms with Crippen molar-refractivity contribution in [1.29, 1.82) is 0 Å². The van der Waals surface area contributed by atoms with Gasteiger partial charge in [-0.25, -0.2) is 31.6 Å². The Kier molecular flexibility index (Phi) is 6.28. The van der Waals surface area contributed by atoms with Crippen molar-refractivity contribution in [3.63, 3.8) is 0 Å². The quantitative estimate of drug-likeness (QED) is 0.373. The number of aliphatic hydroxyl groups is 1. The fourth-order valence-electron chi connectivity index (χ4n) is 4.06. The number of nitrogens with one attached hydrogen (secondary N) is 1. The molecule has 0 radical (unpaired) electrons. The van der Waals surface area contributed by atoms with E-state index in [4.69, 9.17) is 0 Å². The predicted octanol–water partition coefficient (Wildman–Crippen LogP) is 1.26. The van der Waals surface area contributed by atoms with E-state index in [9.17, 15) is 26.7 Å². The average molecular weight is 536 g/mol. The van der Waals surface area contributed by atoms with Crippen LogP contribution in [0.15, 0.2) is 42.9 Å². The third kappa shape index (κ3) is 4.84. The summed E-state index contributed by atoms with van der Waals surface area (Å²) in [4.78, 5) is 9.09. The van der Waals surface area contributed by atoms with E-state index in [0.717, 1.165) is 29.1 Å². The second kappa shape index (κ2) is 9.44. The number of benzene rings is 1. The van der Waals surface area contributed by atoms with Gasteiger partial charge < -0.3 is 10.0 Å². The molecule has 37 heavy (non-hydrogen) atoms. The van der Waals surface area contributed by atoms with Gasteiger partial charge in [-0.3, -0.25) is 14.0 Å². The highest BCUT2D eigenvalue weighted by molar-refractivity contribution is 7.93. The molecule has 12 nitrogen and oxygen atoms in total. The zero-order chi connectivity index (χ0) is 26.3. The van der Waals surface area contributed by atoms with E-state index in [1.807, 2.05) is 0 Å². The van der Waals surface area contributed by atoms with Gasteiger partial charge in [0, 0.05) is 26.3 Å². The van der Waals surface area contributed by atoms with Crippen LogP contribution in [0.5, 0.6) is 0 Å². The topological polar surface area (TPSA) is 144 Å². The van der Waals surface area contributed by atoms with Crippen LogP contribution in [0.2, 0.25) is 0 Å². The molecular formula is C21H20F3N9O3S. The van der Waals surface area contributed by atoms with E-state index in [1.165, 1.54) is 21.7 Å². The fourth-order valence-corrected chi connectivity index (χ4v) is 5.46. The summed E-state index contributed by atoms with van der Waals surface area (Å²) in [7, 11) is -2.69. The first kappa shape index (κ1) is 24.6. The van der Waals surface area contributed by atoms with Crippen LogP contribution in [0.25, 0.3) is 17.2 Å². The van der Waals surface area contributed by atoms with Crippen LogP contribution < -0.4 is 9.62 Å². The number of nitrogens with zero attached hydrogens (tertiary/aromatic N) is 8. The number of sulfonamides is 1. The van der Waals surface area contributed by atoms with E-state index in [0.29, 0.717) is 0 Å². The molecule has 0 bridgehead atoms. The number of rotatable bonds is 6. The molecule has 194 valence electrons. The highest BCUT2D eigenvalue weighted by Gasteiger charge is 2.37. The summed E-state index contributed by atoms with van der Waals surface area (Å²) >= 11 is 0. The molecular weight excluding hydrogens is 515 g/mol. The van der Waals surface area contributed by atoms with Gasteiger partial charge in [-0.05, 0) is 24.6 Å². The molecule has 0 unspecified atom stereocenters. The maximum absolute atomic E-state index is 14.8. The number of β-amino-alcohol motifs (C(OH)–C–C–N with tert-alkyl or cyclic N) is 1. The van der Waals surface area contributed by atoms with Crippen LogP contribution in [0.3, 0.4) is 0 Å². The summed E-state index contributed by atoms with van der Waals surface area (Å²) in [5.41, 5.74) is -0.410. The molecule has 0 saturated carbocycles. The van der Waals surface area contributed by atoms with E-state index in [2.05, 4.69) is 30.0 Å². The number of para-hydroxylation sites is 1. The monoisotopic (exact) mass is 535 g/mol. The van der Waals surface area contributed by atoms with Gasteiger partial charge in [0.1, 0.15) is 28.3 Å². The lowest BCUT2D eigenvalue weighted by Gasteiger charge is -2.35. The van der Waals surface area contributed by atoms with Gasteiger partial charge in [-0.1, -0.05) is 6.07 Å². The molecule has 4 heterocycles. The van der Waals surface area contributed by atoms with Gasteiger partial charge in [0.2, 0.25) is 21.9 Å². The summed E-state index contributed by atoms with van der Waals surface area (Å²) in [6, 6.07) is 4.71. The molecule has 1 aromatic carbocycles. The minimum Gasteiger partial charge on any atom is -0.391 e. The Morgan fingerprint density at radius 1 is 1.05 bits per heavy atom. The van der Waals surface area contributed by atoms with Crippen LogP contribution in [-0.4, -0.2) is 72.5 Å². The smallest absolute Gasteiger partial charge is 0.243 e. The van der Waals surface area contributed by atoms with Crippen molar-refractivity contribution in [2.45, 2.75) is 17.8 Å². The highest BCUT2D eigenvalue weighted by Crippen LogP contribution is 2.29. The molecule has 1 aliphatic rings. The Morgan fingerprint density at radius 3 is 2.41 bits per heavy atom. The summed E-state index contributed by atoms with van der Waals surface area (Å²) in [6.45, 7) is -0.120. The number of hydrogen-bond donors (Lipinski definition) is 2. The lowest BCUT2D eigenvalue weighted by Crippen LogP contribution is -2.50. The lowest BCUT2D eigenvalue weighted by molar-refractivity contribution is 0.154. The lowest BCUT2D eigenvalue weighted by atomic mass is 10.1. The Bertz CT molecular complexity index is 1520. The van der Waals surface area contributed by atoms with E-state index in [-0.39, 0.29) is 37.0 Å². The number of aromatic nitrogens is 7. The Hall–Kier alpha value is -4.05. The molecule has 1 saturated heterocycles. The number of aryl methyl sites for hydroxylation is 1. The van der Waals surface area contributed by atoms with Gasteiger partial charge in [0.05, 0.1) is 18.5 Å². The largest absolute Gasteiger partial charge is 0.391 e. The zero-order valence-corrected chi connectivity index (χ0v) is 20.0. The summed E-state index contributed by atoms with van der Waals surface area (Å²) < 4.78 is 74.2. The van der Waals surface area contributed by atoms with Crippen molar-refractivity contribution in [1.82, 2.24) is 34.5 Å². The second-order valence-electron chi connectivity index (χ2n) is 8.39. The Morgan fingerprint density at radius 2 is 1.76 bits per heavy atom. The fraction of sp³-hybridized carbons (Fsp3) is 0.286. The number of piperidine rings is 1. The number of halogens is 3. The summed E-state index contributed by atoms with van der Waals surface area (Å²) in [6.07, 6.45) is 2.20. The highest BCUT2D eigenvalue weighted by atomic mass is 32.2. The predicted molar refractivity (Wildman–Crippen MR) is 125 cm³/mol. The molecule has 5 rings (SSSR count). The first-order valence-electron chi connectivity index (χ1n) is 10.9. The normalized spacial score (nSPS) is 18.2. The van der Waals surface area contributed by atoms with Gasteiger partial charge >= 0.3 is 0 Å². The van der Waals surface area contributed by atoms with Crippen LogP contribution in [0, 0.1) is 17.5 Å². The maximum atomic E-state index is 14.8. The second-order valence-corrected chi connectivity index (χ2v) is 10.4. The van der Waals surface area contributed by atoms with Crippen molar-refractivity contribution in [3.8, 4) is 17.2 Å². The van der Waals surface area contributed by atoms with Crippen molar-refractivity contribution >= 4 is 21.9 Å². The van der Waals surface area contributed by atoms with Crippen molar-refractivity contribution in [2.24, 2.45) is 7.05 Å². The van der Waals surface area contributed by atoms with Crippen molar-refractivity contribution < 1.29 is 26.7 Å². The van der Waals surface area contributed by atoms with Crippen LogP contribution in [-0.2, 0) is 17.1 Å².